The van der Waals surface area contributed by atoms with Crippen LogP contribution < -0.4 is 0 Å². The molecule has 1 saturated heterocycles. The van der Waals surface area contributed by atoms with Gasteiger partial charge in [0.15, 0.2) is 0 Å². The van der Waals surface area contributed by atoms with Crippen molar-refractivity contribution in [3.05, 3.63) is 60.2 Å². The van der Waals surface area contributed by atoms with Gasteiger partial charge in [0.25, 0.3) is 11.8 Å². The first kappa shape index (κ1) is 18.9. The molecule has 1 aromatic carbocycles. The molecule has 0 atom stereocenters. The number of fused-ring (bicyclic) bond motifs is 1. The molecule has 2 aliphatic carbocycles. The van der Waals surface area contributed by atoms with Gasteiger partial charge in [0.1, 0.15) is 5.60 Å². The fourth-order valence-electron chi connectivity index (χ4n) is 4.33. The molecular weight excluding hydrogens is 378 g/mol. The number of pyridine rings is 1. The monoisotopic (exact) mass is 403 g/mol. The van der Waals surface area contributed by atoms with E-state index in [2.05, 4.69) is 17.1 Å². The van der Waals surface area contributed by atoms with Crippen LogP contribution in [0.1, 0.15) is 29.6 Å². The van der Waals surface area contributed by atoms with Gasteiger partial charge in [0.05, 0.1) is 0 Å². The summed E-state index contributed by atoms with van der Waals surface area (Å²) < 4.78 is 0. The zero-order valence-corrected chi connectivity index (χ0v) is 16.8. The van der Waals surface area contributed by atoms with E-state index in [4.69, 9.17) is 0 Å². The summed E-state index contributed by atoms with van der Waals surface area (Å²) in [6.07, 6.45) is 2.00. The van der Waals surface area contributed by atoms with Gasteiger partial charge >= 0.3 is 0 Å². The van der Waals surface area contributed by atoms with Gasteiger partial charge in [0.2, 0.25) is 0 Å². The predicted octanol–water partition coefficient (Wildman–Crippen LogP) is 2.99. The Hall–Kier alpha value is -3.12. The van der Waals surface area contributed by atoms with Crippen LogP contribution in [0.3, 0.4) is 0 Å². The predicted molar refractivity (Wildman–Crippen MR) is 114 cm³/mol. The van der Waals surface area contributed by atoms with E-state index in [0.717, 1.165) is 23.4 Å². The number of hydrogen-bond donors (Lipinski definition) is 2. The van der Waals surface area contributed by atoms with Crippen molar-refractivity contribution >= 4 is 11.8 Å². The number of aromatic amines is 1. The molecule has 0 aromatic heterocycles. The molecule has 2 amide bonds. The van der Waals surface area contributed by atoms with E-state index < -0.39 is 5.60 Å². The van der Waals surface area contributed by atoms with Crippen LogP contribution in [0.4, 0.5) is 0 Å². The maximum absolute atomic E-state index is 12.9. The number of aliphatic hydroxyl groups is 1. The number of amides is 2. The van der Waals surface area contributed by atoms with Crippen molar-refractivity contribution in [1.82, 2.24) is 14.8 Å². The molecule has 1 aromatic rings. The van der Waals surface area contributed by atoms with Gasteiger partial charge in [-0.25, -0.2) is 0 Å². The third-order valence-corrected chi connectivity index (χ3v) is 6.42. The molecule has 2 fully saturated rings. The number of aromatic nitrogens is 1. The average molecular weight is 403 g/mol. The Morgan fingerprint density at radius 2 is 1.40 bits per heavy atom. The Bertz CT molecular complexity index is 1040. The van der Waals surface area contributed by atoms with Crippen molar-refractivity contribution in [3.8, 4) is 22.5 Å². The standard InChI is InChI=1S/C24H25N3O3/c28-22(26-13-15-27(16-14-26)23(29)24(30)11-2-12-24)19-7-5-18(6-8-19)21-10-9-17-3-1-4-20(17)25-21/h1,3-10,25,30H,2,11-16H2. The summed E-state index contributed by atoms with van der Waals surface area (Å²) in [6, 6.07) is 17.9. The van der Waals surface area contributed by atoms with E-state index in [1.807, 2.05) is 42.5 Å². The van der Waals surface area contributed by atoms with Crippen LogP contribution in [-0.2, 0) is 4.79 Å². The Labute approximate surface area is 175 Å². The lowest BCUT2D eigenvalue weighted by molar-refractivity contribution is -0.161. The second-order valence-corrected chi connectivity index (χ2v) is 8.31. The number of carbonyl (C=O) groups is 2. The molecule has 6 heteroatoms. The summed E-state index contributed by atoms with van der Waals surface area (Å²) in [5.74, 6) is -0.199. The van der Waals surface area contributed by atoms with E-state index in [1.165, 1.54) is 5.56 Å². The molecular formula is C24H25N3O3. The number of nitrogens with zero attached hydrogens (tertiary/aromatic N) is 2. The summed E-state index contributed by atoms with van der Waals surface area (Å²) in [5.41, 5.74) is 3.78. The highest BCUT2D eigenvalue weighted by Crippen LogP contribution is 2.33. The number of benzene rings is 1. The minimum atomic E-state index is -1.16. The molecule has 2 N–H and O–H groups in total. The molecule has 1 saturated carbocycles. The maximum atomic E-state index is 12.9. The topological polar surface area (TPSA) is 76.6 Å². The quantitative estimate of drug-likeness (QED) is 0.706. The first-order chi connectivity index (χ1) is 14.5. The SMILES string of the molecule is O=C(c1ccc(-c2ccc3cccc-3[nH]2)cc1)N1CCN(C(=O)C2(O)CCC2)CC1. The Morgan fingerprint density at radius 1 is 0.800 bits per heavy atom. The maximum Gasteiger partial charge on any atom is 0.254 e. The zero-order valence-electron chi connectivity index (χ0n) is 16.8. The third-order valence-electron chi connectivity index (χ3n) is 6.42. The first-order valence-corrected chi connectivity index (χ1v) is 10.5. The summed E-state index contributed by atoms with van der Waals surface area (Å²) in [4.78, 5) is 32.2. The minimum absolute atomic E-state index is 0.0218. The fraction of sp³-hybridized carbons (Fsp3) is 0.333. The van der Waals surface area contributed by atoms with Gasteiger partial charge in [-0.15, -0.1) is 0 Å². The number of rotatable bonds is 3. The van der Waals surface area contributed by atoms with Gasteiger partial charge in [-0.05, 0) is 54.7 Å². The van der Waals surface area contributed by atoms with E-state index in [9.17, 15) is 14.7 Å². The van der Waals surface area contributed by atoms with Crippen LogP contribution in [0, 0.1) is 0 Å². The summed E-state index contributed by atoms with van der Waals surface area (Å²) in [7, 11) is 0. The first-order valence-electron chi connectivity index (χ1n) is 10.5. The Balaban J connectivity index is 1.24. The molecule has 0 unspecified atom stereocenters. The highest BCUT2D eigenvalue weighted by atomic mass is 16.3. The number of piperazine rings is 1. The normalized spacial score (nSPS) is 18.3. The molecule has 0 spiro atoms. The van der Waals surface area contributed by atoms with Crippen molar-refractivity contribution < 1.29 is 14.7 Å². The van der Waals surface area contributed by atoms with Gasteiger partial charge in [-0.2, -0.15) is 0 Å². The molecule has 0 radical (unpaired) electrons. The van der Waals surface area contributed by atoms with Crippen LogP contribution in [0.5, 0.6) is 0 Å². The lowest BCUT2D eigenvalue weighted by atomic mass is 9.79. The van der Waals surface area contributed by atoms with Gasteiger partial charge in [-0.3, -0.25) is 9.59 Å². The fourth-order valence-corrected chi connectivity index (χ4v) is 4.33. The summed E-state index contributed by atoms with van der Waals surface area (Å²) in [5, 5.41) is 10.3. The molecule has 2 heterocycles. The molecule has 0 bridgehead atoms. The number of carbonyl (C=O) groups excluding carboxylic acids is 2. The van der Waals surface area contributed by atoms with Gasteiger partial charge in [-0.1, -0.05) is 30.3 Å². The van der Waals surface area contributed by atoms with Crippen LogP contribution in [0.25, 0.3) is 22.5 Å². The van der Waals surface area contributed by atoms with Gasteiger partial charge in [0, 0.05) is 43.1 Å². The van der Waals surface area contributed by atoms with Crippen LogP contribution in [0.15, 0.2) is 54.6 Å². The van der Waals surface area contributed by atoms with Crippen molar-refractivity contribution in [3.63, 3.8) is 0 Å². The highest BCUT2D eigenvalue weighted by molar-refractivity contribution is 5.95. The third kappa shape index (κ3) is 3.27. The number of nitrogens with one attached hydrogen (secondary N) is 1. The molecule has 5 rings (SSSR count). The zero-order chi connectivity index (χ0) is 20.7. The lowest BCUT2D eigenvalue weighted by Crippen LogP contribution is -2.58. The molecule has 154 valence electrons. The number of H-pyrrole nitrogens is 1. The second kappa shape index (κ2) is 7.29. The molecule has 30 heavy (non-hydrogen) atoms. The van der Waals surface area contributed by atoms with E-state index >= 15 is 0 Å². The van der Waals surface area contributed by atoms with Crippen molar-refractivity contribution in [1.29, 1.82) is 0 Å². The summed E-state index contributed by atoms with van der Waals surface area (Å²) >= 11 is 0. The molecule has 4 aliphatic rings. The van der Waals surface area contributed by atoms with Crippen LogP contribution in [-0.4, -0.2) is 63.5 Å². The van der Waals surface area contributed by atoms with Crippen LogP contribution >= 0.6 is 0 Å². The molecule has 2 aliphatic heterocycles. The Kier molecular flexibility index (Phi) is 4.59. The van der Waals surface area contributed by atoms with E-state index in [-0.39, 0.29) is 11.8 Å². The highest BCUT2D eigenvalue weighted by Gasteiger charge is 2.45. The van der Waals surface area contributed by atoms with E-state index in [0.29, 0.717) is 44.6 Å². The van der Waals surface area contributed by atoms with Crippen molar-refractivity contribution in [2.45, 2.75) is 24.9 Å². The lowest BCUT2D eigenvalue weighted by Gasteiger charge is -2.42. The average Bonchev–Trinajstić information content (AvgIpc) is 3.24. The molecule has 6 nitrogen and oxygen atoms in total. The largest absolute Gasteiger partial charge is 0.380 e. The van der Waals surface area contributed by atoms with Crippen molar-refractivity contribution in [2.24, 2.45) is 0 Å². The Morgan fingerprint density at radius 3 is 2.07 bits per heavy atom. The second-order valence-electron chi connectivity index (χ2n) is 8.31. The smallest absolute Gasteiger partial charge is 0.254 e. The van der Waals surface area contributed by atoms with Gasteiger partial charge < -0.3 is 19.9 Å². The van der Waals surface area contributed by atoms with Crippen LogP contribution in [0.2, 0.25) is 0 Å². The summed E-state index contributed by atoms with van der Waals surface area (Å²) in [6.45, 7) is 1.92. The number of hydrogen-bond acceptors (Lipinski definition) is 3. The van der Waals surface area contributed by atoms with Crippen molar-refractivity contribution in [2.75, 3.05) is 26.2 Å². The minimum Gasteiger partial charge on any atom is -0.380 e. The van der Waals surface area contributed by atoms with E-state index in [1.54, 1.807) is 9.80 Å².